The predicted octanol–water partition coefficient (Wildman–Crippen LogP) is 0.333. The van der Waals surface area contributed by atoms with Crippen LogP contribution in [0.2, 0.25) is 0 Å². The zero-order valence-electron chi connectivity index (χ0n) is 11.2. The van der Waals surface area contributed by atoms with Crippen LogP contribution in [0.4, 0.5) is 4.79 Å². The number of esters is 2. The molecule has 0 saturated heterocycles. The van der Waals surface area contributed by atoms with E-state index in [9.17, 15) is 14.4 Å². The Hall–Kier alpha value is -1.79. The van der Waals surface area contributed by atoms with Gasteiger partial charge in [0.1, 0.15) is 0 Å². The van der Waals surface area contributed by atoms with Crippen LogP contribution in [0.15, 0.2) is 0 Å². The molecule has 19 heavy (non-hydrogen) atoms. The Morgan fingerprint density at radius 2 is 1.63 bits per heavy atom. The van der Waals surface area contributed by atoms with Crippen molar-refractivity contribution in [1.29, 1.82) is 0 Å². The summed E-state index contributed by atoms with van der Waals surface area (Å²) in [5, 5.41) is 4.96. The largest absolute Gasteiger partial charge is 0.464 e. The van der Waals surface area contributed by atoms with E-state index in [1.165, 1.54) is 0 Å². The first-order valence-electron chi connectivity index (χ1n) is 6.48. The summed E-state index contributed by atoms with van der Waals surface area (Å²) < 4.78 is 9.47. The molecule has 0 aliphatic heterocycles. The average molecular weight is 272 g/mol. The van der Waals surface area contributed by atoms with Crippen LogP contribution in [0.25, 0.3) is 0 Å². The maximum atomic E-state index is 11.6. The van der Waals surface area contributed by atoms with Gasteiger partial charge < -0.3 is 20.1 Å². The lowest BCUT2D eigenvalue weighted by molar-refractivity contribution is -0.157. The highest BCUT2D eigenvalue weighted by Gasteiger charge is 2.32. The molecule has 0 unspecified atom stereocenters. The summed E-state index contributed by atoms with van der Waals surface area (Å²) in [6, 6.07) is -1.86. The minimum Gasteiger partial charge on any atom is -0.464 e. The van der Waals surface area contributed by atoms with Crippen LogP contribution in [0, 0.1) is 0 Å². The number of rotatable bonds is 6. The zero-order valence-corrected chi connectivity index (χ0v) is 11.2. The molecule has 1 fully saturated rings. The van der Waals surface area contributed by atoms with Gasteiger partial charge in [-0.05, 0) is 33.1 Å². The molecule has 7 nitrogen and oxygen atoms in total. The van der Waals surface area contributed by atoms with E-state index in [4.69, 9.17) is 9.47 Å². The van der Waals surface area contributed by atoms with E-state index in [0.717, 1.165) is 19.3 Å². The van der Waals surface area contributed by atoms with Crippen molar-refractivity contribution < 1.29 is 23.9 Å². The van der Waals surface area contributed by atoms with Gasteiger partial charge in [-0.1, -0.05) is 0 Å². The van der Waals surface area contributed by atoms with Gasteiger partial charge in [-0.3, -0.25) is 0 Å². The molecular weight excluding hydrogens is 252 g/mol. The first-order chi connectivity index (χ1) is 9.08. The number of carbonyl (C=O) groups is 3. The van der Waals surface area contributed by atoms with E-state index in [0.29, 0.717) is 0 Å². The number of ether oxygens (including phenoxy) is 2. The van der Waals surface area contributed by atoms with Crippen molar-refractivity contribution in [3.63, 3.8) is 0 Å². The summed E-state index contributed by atoms with van der Waals surface area (Å²) in [6.45, 7) is 3.49. The minimum absolute atomic E-state index is 0.116. The van der Waals surface area contributed by atoms with Crippen LogP contribution in [0.3, 0.4) is 0 Å². The topological polar surface area (TPSA) is 93.7 Å². The average Bonchev–Trinajstić information content (AvgIpc) is 2.31. The maximum absolute atomic E-state index is 11.6. The van der Waals surface area contributed by atoms with Crippen LogP contribution in [-0.4, -0.2) is 43.3 Å². The number of nitrogens with one attached hydrogen (secondary N) is 2. The Balaban J connectivity index is 2.53. The smallest absolute Gasteiger partial charge is 0.340 e. The third-order valence-corrected chi connectivity index (χ3v) is 2.76. The molecule has 2 N–H and O–H groups in total. The highest BCUT2D eigenvalue weighted by molar-refractivity contribution is 6.02. The van der Waals surface area contributed by atoms with Crippen LogP contribution < -0.4 is 10.6 Å². The molecule has 1 rings (SSSR count). The molecule has 0 heterocycles. The van der Waals surface area contributed by atoms with Crippen molar-refractivity contribution in [3.05, 3.63) is 0 Å². The summed E-state index contributed by atoms with van der Waals surface area (Å²) in [7, 11) is 0. The molecule has 7 heteroatoms. The molecule has 1 aliphatic carbocycles. The normalized spacial score (nSPS) is 14.5. The molecule has 108 valence electrons. The molecule has 0 aromatic rings. The molecule has 0 bridgehead atoms. The van der Waals surface area contributed by atoms with Crippen molar-refractivity contribution in [2.45, 2.75) is 45.2 Å². The lowest BCUT2D eigenvalue weighted by Crippen LogP contribution is -2.54. The first kappa shape index (κ1) is 15.3. The van der Waals surface area contributed by atoms with E-state index in [1.54, 1.807) is 13.8 Å². The monoisotopic (exact) mass is 272 g/mol. The lowest BCUT2D eigenvalue weighted by Gasteiger charge is -2.27. The second-order valence-corrected chi connectivity index (χ2v) is 4.18. The zero-order chi connectivity index (χ0) is 14.3. The quantitative estimate of drug-likeness (QED) is 0.537. The van der Waals surface area contributed by atoms with E-state index in [2.05, 4.69) is 10.6 Å². The van der Waals surface area contributed by atoms with Gasteiger partial charge in [-0.15, -0.1) is 0 Å². The van der Waals surface area contributed by atoms with Gasteiger partial charge in [0.25, 0.3) is 0 Å². The molecule has 0 atom stereocenters. The van der Waals surface area contributed by atoms with Gasteiger partial charge in [0, 0.05) is 6.04 Å². The Labute approximate surface area is 112 Å². The number of hydrogen-bond donors (Lipinski definition) is 2. The SMILES string of the molecule is CCOC(=O)C(NC(=O)NC1CCC1)C(=O)OCC. The summed E-state index contributed by atoms with van der Waals surface area (Å²) in [6.07, 6.45) is 2.90. The molecular formula is C12H20N2O5. The van der Waals surface area contributed by atoms with Crippen molar-refractivity contribution in [2.24, 2.45) is 0 Å². The molecule has 0 aromatic carbocycles. The predicted molar refractivity (Wildman–Crippen MR) is 66.4 cm³/mol. The van der Waals surface area contributed by atoms with Gasteiger partial charge in [-0.2, -0.15) is 0 Å². The number of amides is 2. The van der Waals surface area contributed by atoms with Crippen LogP contribution in [0.5, 0.6) is 0 Å². The highest BCUT2D eigenvalue weighted by atomic mass is 16.6. The summed E-state index contributed by atoms with van der Waals surface area (Å²) in [5.74, 6) is -1.63. The maximum Gasteiger partial charge on any atom is 0.340 e. The number of hydrogen-bond acceptors (Lipinski definition) is 5. The number of urea groups is 1. The molecule has 2 amide bonds. The Morgan fingerprint density at radius 1 is 1.11 bits per heavy atom. The number of carbonyl (C=O) groups excluding carboxylic acids is 3. The minimum atomic E-state index is -1.42. The van der Waals surface area contributed by atoms with Crippen LogP contribution in [-0.2, 0) is 19.1 Å². The van der Waals surface area contributed by atoms with Gasteiger partial charge in [0.05, 0.1) is 13.2 Å². The Bertz CT molecular complexity index is 323. The van der Waals surface area contributed by atoms with Gasteiger partial charge >= 0.3 is 18.0 Å². The van der Waals surface area contributed by atoms with Gasteiger partial charge in [-0.25, -0.2) is 14.4 Å². The molecule has 0 spiro atoms. The van der Waals surface area contributed by atoms with Crippen molar-refractivity contribution in [2.75, 3.05) is 13.2 Å². The molecule has 1 saturated carbocycles. The Morgan fingerprint density at radius 3 is 2.00 bits per heavy atom. The van der Waals surface area contributed by atoms with Crippen molar-refractivity contribution in [1.82, 2.24) is 10.6 Å². The second-order valence-electron chi connectivity index (χ2n) is 4.18. The third kappa shape index (κ3) is 4.76. The second kappa shape index (κ2) is 7.60. The van der Waals surface area contributed by atoms with Gasteiger partial charge in [0.2, 0.25) is 6.04 Å². The third-order valence-electron chi connectivity index (χ3n) is 2.76. The summed E-state index contributed by atoms with van der Waals surface area (Å²) in [4.78, 5) is 34.8. The molecule has 0 aromatic heterocycles. The molecule has 0 radical (unpaired) electrons. The van der Waals surface area contributed by atoms with E-state index in [-0.39, 0.29) is 19.3 Å². The fourth-order valence-corrected chi connectivity index (χ4v) is 1.58. The van der Waals surface area contributed by atoms with E-state index < -0.39 is 24.0 Å². The highest BCUT2D eigenvalue weighted by Crippen LogP contribution is 2.17. The molecule has 1 aliphatic rings. The van der Waals surface area contributed by atoms with Crippen molar-refractivity contribution >= 4 is 18.0 Å². The Kier molecular flexibility index (Phi) is 6.11. The van der Waals surface area contributed by atoms with E-state index >= 15 is 0 Å². The first-order valence-corrected chi connectivity index (χ1v) is 6.48. The lowest BCUT2D eigenvalue weighted by atomic mass is 9.93. The summed E-state index contributed by atoms with van der Waals surface area (Å²) >= 11 is 0. The standard InChI is InChI=1S/C12H20N2O5/c1-3-18-10(15)9(11(16)19-4-2)14-12(17)13-8-6-5-7-8/h8-9H,3-7H2,1-2H3,(H2,13,14,17). The van der Waals surface area contributed by atoms with Crippen molar-refractivity contribution in [3.8, 4) is 0 Å². The van der Waals surface area contributed by atoms with Gasteiger partial charge in [0.15, 0.2) is 0 Å². The van der Waals surface area contributed by atoms with Crippen LogP contribution in [0.1, 0.15) is 33.1 Å². The fraction of sp³-hybridized carbons (Fsp3) is 0.750. The summed E-state index contributed by atoms with van der Waals surface area (Å²) in [5.41, 5.74) is 0. The van der Waals surface area contributed by atoms with Crippen LogP contribution >= 0.6 is 0 Å². The van der Waals surface area contributed by atoms with E-state index in [1.807, 2.05) is 0 Å². The fourth-order valence-electron chi connectivity index (χ4n) is 1.58.